The Morgan fingerprint density at radius 1 is 1.11 bits per heavy atom. The first-order valence-electron chi connectivity index (χ1n) is 5.85. The summed E-state index contributed by atoms with van der Waals surface area (Å²) in [6, 6.07) is 12.4. The Morgan fingerprint density at radius 2 is 1.94 bits per heavy atom. The minimum absolute atomic E-state index is 0.848. The fraction of sp³-hybridized carbons (Fsp3) is 0.143. The van der Waals surface area contributed by atoms with E-state index in [4.69, 9.17) is 0 Å². The van der Waals surface area contributed by atoms with Crippen molar-refractivity contribution in [3.05, 3.63) is 58.5 Å². The first-order valence-corrected chi connectivity index (χ1v) is 6.64. The van der Waals surface area contributed by atoms with Crippen molar-refractivity contribution in [1.29, 1.82) is 0 Å². The second-order valence-corrected chi connectivity index (χ2v) is 5.11. The highest BCUT2D eigenvalue weighted by Gasteiger charge is 2.04. The van der Waals surface area contributed by atoms with Crippen molar-refractivity contribution in [3.63, 3.8) is 0 Å². The number of benzene rings is 1. The summed E-state index contributed by atoms with van der Waals surface area (Å²) in [6.07, 6.45) is 3.67. The average molecular weight is 302 g/mol. The average Bonchev–Trinajstić information content (AvgIpc) is 2.79. The van der Waals surface area contributed by atoms with Crippen molar-refractivity contribution in [2.75, 3.05) is 0 Å². The first kappa shape index (κ1) is 11.4. The number of imidazole rings is 1. The fourth-order valence-electron chi connectivity index (χ4n) is 1.95. The number of halogens is 1. The van der Waals surface area contributed by atoms with Crippen LogP contribution in [0.15, 0.2) is 47.1 Å². The maximum Gasteiger partial charge on any atom is 0.157 e. The van der Waals surface area contributed by atoms with Crippen molar-refractivity contribution in [1.82, 2.24) is 15.0 Å². The Hall–Kier alpha value is -1.68. The number of aromatic nitrogens is 3. The van der Waals surface area contributed by atoms with Crippen molar-refractivity contribution >= 4 is 27.1 Å². The zero-order valence-corrected chi connectivity index (χ0v) is 11.3. The van der Waals surface area contributed by atoms with Crippen LogP contribution in [0.5, 0.6) is 0 Å². The molecule has 0 aliphatic rings. The molecule has 0 fully saturated rings. The number of hydrogen-bond donors (Lipinski definition) is 1. The van der Waals surface area contributed by atoms with E-state index >= 15 is 0 Å². The van der Waals surface area contributed by atoms with Gasteiger partial charge in [0.15, 0.2) is 5.65 Å². The van der Waals surface area contributed by atoms with Gasteiger partial charge in [-0.15, -0.1) is 0 Å². The maximum absolute atomic E-state index is 4.54. The smallest absolute Gasteiger partial charge is 0.157 e. The van der Waals surface area contributed by atoms with Gasteiger partial charge in [-0.25, -0.2) is 9.97 Å². The molecule has 0 aliphatic heterocycles. The Morgan fingerprint density at radius 3 is 2.78 bits per heavy atom. The molecule has 1 N–H and O–H groups in total. The maximum atomic E-state index is 4.54. The van der Waals surface area contributed by atoms with Gasteiger partial charge in [0.2, 0.25) is 0 Å². The Kier molecular flexibility index (Phi) is 3.11. The monoisotopic (exact) mass is 301 g/mol. The number of fused-ring (bicyclic) bond motifs is 1. The second-order valence-electron chi connectivity index (χ2n) is 4.19. The molecule has 3 rings (SSSR count). The minimum Gasteiger partial charge on any atom is -0.327 e. The van der Waals surface area contributed by atoms with E-state index in [0.717, 1.165) is 34.3 Å². The molecule has 2 heterocycles. The molecule has 2 aromatic heterocycles. The number of pyridine rings is 1. The number of H-pyrrole nitrogens is 1. The summed E-state index contributed by atoms with van der Waals surface area (Å²) in [5.41, 5.74) is 3.08. The Labute approximate surface area is 113 Å². The van der Waals surface area contributed by atoms with Crippen LogP contribution in [0.25, 0.3) is 11.2 Å². The second kappa shape index (κ2) is 4.90. The zero-order valence-electron chi connectivity index (χ0n) is 9.73. The number of hydrogen-bond acceptors (Lipinski definition) is 2. The van der Waals surface area contributed by atoms with Gasteiger partial charge >= 0.3 is 0 Å². The molecule has 18 heavy (non-hydrogen) atoms. The third-order valence-electron chi connectivity index (χ3n) is 2.85. The minimum atomic E-state index is 0.848. The van der Waals surface area contributed by atoms with Crippen LogP contribution in [-0.4, -0.2) is 15.0 Å². The van der Waals surface area contributed by atoms with Crippen molar-refractivity contribution in [2.24, 2.45) is 0 Å². The van der Waals surface area contributed by atoms with Gasteiger partial charge < -0.3 is 4.98 Å². The normalized spacial score (nSPS) is 10.9. The number of aryl methyl sites for hydroxylation is 2. The molecule has 0 saturated carbocycles. The number of nitrogens with one attached hydrogen (secondary N) is 1. The summed E-state index contributed by atoms with van der Waals surface area (Å²) in [7, 11) is 0. The summed E-state index contributed by atoms with van der Waals surface area (Å²) >= 11 is 3.40. The predicted octanol–water partition coefficient (Wildman–Crippen LogP) is 3.51. The van der Waals surface area contributed by atoms with Crippen LogP contribution < -0.4 is 0 Å². The molecule has 0 unspecified atom stereocenters. The lowest BCUT2D eigenvalue weighted by molar-refractivity contribution is 0.889. The number of nitrogens with zero attached hydrogens (tertiary/aromatic N) is 2. The molecule has 0 bridgehead atoms. The highest BCUT2D eigenvalue weighted by atomic mass is 79.9. The Balaban J connectivity index is 1.79. The molecule has 90 valence electrons. The molecule has 0 spiro atoms. The fourth-order valence-corrected chi connectivity index (χ4v) is 2.27. The van der Waals surface area contributed by atoms with Crippen LogP contribution in [0.2, 0.25) is 0 Å². The van der Waals surface area contributed by atoms with Crippen molar-refractivity contribution in [3.8, 4) is 0 Å². The summed E-state index contributed by atoms with van der Waals surface area (Å²) in [6.45, 7) is 0. The third kappa shape index (κ3) is 2.43. The third-order valence-corrected chi connectivity index (χ3v) is 3.28. The Bertz CT molecular complexity index is 661. The molecule has 1 aromatic carbocycles. The molecule has 0 saturated heterocycles. The van der Waals surface area contributed by atoms with E-state index in [9.17, 15) is 0 Å². The number of rotatable bonds is 3. The first-order chi connectivity index (χ1) is 8.81. The van der Waals surface area contributed by atoms with Crippen LogP contribution in [0.1, 0.15) is 11.4 Å². The molecule has 0 aliphatic carbocycles. The van der Waals surface area contributed by atoms with E-state index in [1.165, 1.54) is 5.56 Å². The standard InChI is InChI=1S/C14H12BrN3/c15-11-8-12-14(16-9-11)18-13(17-12)7-6-10-4-2-1-3-5-10/h1-5,8-9H,6-7H2,(H,16,17,18). The van der Waals surface area contributed by atoms with Crippen molar-refractivity contribution < 1.29 is 0 Å². The van der Waals surface area contributed by atoms with Gasteiger partial charge in [0, 0.05) is 17.1 Å². The van der Waals surface area contributed by atoms with Gasteiger partial charge in [-0.2, -0.15) is 0 Å². The molecule has 0 amide bonds. The summed E-state index contributed by atoms with van der Waals surface area (Å²) < 4.78 is 0.955. The van der Waals surface area contributed by atoms with Crippen LogP contribution in [0.4, 0.5) is 0 Å². The van der Waals surface area contributed by atoms with Gasteiger partial charge in [0.25, 0.3) is 0 Å². The van der Waals surface area contributed by atoms with Crippen LogP contribution in [0.3, 0.4) is 0 Å². The SMILES string of the molecule is Brc1cnc2[nH]c(CCc3ccccc3)nc2c1. The van der Waals surface area contributed by atoms with Gasteiger partial charge in [-0.3, -0.25) is 0 Å². The van der Waals surface area contributed by atoms with Gasteiger partial charge in [0.05, 0.1) is 0 Å². The van der Waals surface area contributed by atoms with Crippen LogP contribution in [0, 0.1) is 0 Å². The van der Waals surface area contributed by atoms with Crippen molar-refractivity contribution in [2.45, 2.75) is 12.8 Å². The molecule has 3 aromatic rings. The van der Waals surface area contributed by atoms with Crippen LogP contribution in [-0.2, 0) is 12.8 Å². The molecule has 4 heteroatoms. The van der Waals surface area contributed by atoms with E-state index in [0.29, 0.717) is 0 Å². The predicted molar refractivity (Wildman–Crippen MR) is 75.4 cm³/mol. The molecular formula is C14H12BrN3. The van der Waals surface area contributed by atoms with E-state index < -0.39 is 0 Å². The lowest BCUT2D eigenvalue weighted by Gasteiger charge is -1.97. The highest BCUT2D eigenvalue weighted by Crippen LogP contribution is 2.15. The van der Waals surface area contributed by atoms with E-state index in [2.05, 4.69) is 55.1 Å². The summed E-state index contributed by atoms with van der Waals surface area (Å²) in [5, 5.41) is 0. The highest BCUT2D eigenvalue weighted by molar-refractivity contribution is 9.10. The molecule has 0 atom stereocenters. The van der Waals surface area contributed by atoms with Gasteiger partial charge in [-0.1, -0.05) is 30.3 Å². The van der Waals surface area contributed by atoms with E-state index in [1.54, 1.807) is 6.20 Å². The summed E-state index contributed by atoms with van der Waals surface area (Å²) in [5.74, 6) is 0.986. The van der Waals surface area contributed by atoms with E-state index in [-0.39, 0.29) is 0 Å². The molecule has 3 nitrogen and oxygen atoms in total. The van der Waals surface area contributed by atoms with E-state index in [1.807, 2.05) is 12.1 Å². The van der Waals surface area contributed by atoms with Gasteiger partial charge in [-0.05, 0) is 34.0 Å². The summed E-state index contributed by atoms with van der Waals surface area (Å²) in [4.78, 5) is 12.1. The largest absolute Gasteiger partial charge is 0.327 e. The lowest BCUT2D eigenvalue weighted by atomic mass is 10.1. The van der Waals surface area contributed by atoms with Crippen LogP contribution >= 0.6 is 15.9 Å². The van der Waals surface area contributed by atoms with Gasteiger partial charge in [0.1, 0.15) is 11.3 Å². The molecule has 0 radical (unpaired) electrons. The topological polar surface area (TPSA) is 41.6 Å². The molecular weight excluding hydrogens is 290 g/mol. The quantitative estimate of drug-likeness (QED) is 0.804. The number of aromatic amines is 1. The zero-order chi connectivity index (χ0) is 12.4. The lowest BCUT2D eigenvalue weighted by Crippen LogP contribution is -1.92.